The minimum absolute atomic E-state index is 0.448. The van der Waals surface area contributed by atoms with Gasteiger partial charge in [0.1, 0.15) is 0 Å². The molecule has 0 spiro atoms. The Morgan fingerprint density at radius 3 is 2.82 bits per heavy atom. The van der Waals surface area contributed by atoms with E-state index in [1.54, 1.807) is 0 Å². The molecule has 1 unspecified atom stereocenters. The van der Waals surface area contributed by atoms with Crippen LogP contribution >= 0.6 is 11.3 Å². The third-order valence-corrected chi connectivity index (χ3v) is 4.09. The Hall–Kier alpha value is -1.13. The highest BCUT2D eigenvalue weighted by Crippen LogP contribution is 2.22. The third-order valence-electron chi connectivity index (χ3n) is 3.10. The first-order chi connectivity index (χ1) is 8.22. The summed E-state index contributed by atoms with van der Waals surface area (Å²) in [6.45, 7) is 7.22. The van der Waals surface area contributed by atoms with Gasteiger partial charge in [0.15, 0.2) is 0 Å². The van der Waals surface area contributed by atoms with Crippen molar-refractivity contribution in [3.05, 3.63) is 39.3 Å². The van der Waals surface area contributed by atoms with Crippen LogP contribution in [0, 0.1) is 13.8 Å². The van der Waals surface area contributed by atoms with Crippen molar-refractivity contribution in [1.29, 1.82) is 0 Å². The molecule has 2 N–H and O–H groups in total. The fraction of sp³-hybridized carbons (Fsp3) is 0.462. The van der Waals surface area contributed by atoms with E-state index in [0.717, 1.165) is 24.4 Å². The maximum Gasteiger partial charge on any atom is 0.0638 e. The van der Waals surface area contributed by atoms with Gasteiger partial charge >= 0.3 is 0 Å². The largest absolute Gasteiger partial charge is 0.305 e. The molecule has 17 heavy (non-hydrogen) atoms. The standard InChI is InChI=1S/C13H19N3S/c1-4-12(13-6-5-7-17-13)14-8-11-9(2)15-16-10(11)3/h5-7,12,14H,4,8H2,1-3H3,(H,15,16). The molecule has 0 aliphatic heterocycles. The first-order valence-corrected chi connectivity index (χ1v) is 6.87. The molecule has 2 rings (SSSR count). The Labute approximate surface area is 106 Å². The number of aromatic nitrogens is 2. The Morgan fingerprint density at radius 1 is 1.47 bits per heavy atom. The third kappa shape index (κ3) is 2.76. The van der Waals surface area contributed by atoms with Gasteiger partial charge in [0.05, 0.1) is 5.69 Å². The summed E-state index contributed by atoms with van der Waals surface area (Å²) in [6, 6.07) is 4.75. The normalized spacial score (nSPS) is 12.9. The van der Waals surface area contributed by atoms with E-state index in [4.69, 9.17) is 0 Å². The van der Waals surface area contributed by atoms with Gasteiger partial charge in [-0.1, -0.05) is 13.0 Å². The van der Waals surface area contributed by atoms with Gasteiger partial charge in [0.25, 0.3) is 0 Å². The zero-order chi connectivity index (χ0) is 12.3. The maximum atomic E-state index is 4.22. The van der Waals surface area contributed by atoms with Gasteiger partial charge in [-0.2, -0.15) is 5.10 Å². The minimum atomic E-state index is 0.448. The van der Waals surface area contributed by atoms with Crippen LogP contribution in [-0.2, 0) is 6.54 Å². The lowest BCUT2D eigenvalue weighted by Crippen LogP contribution is -2.20. The molecule has 0 saturated heterocycles. The quantitative estimate of drug-likeness (QED) is 0.853. The number of nitrogens with zero attached hydrogens (tertiary/aromatic N) is 1. The van der Waals surface area contributed by atoms with Gasteiger partial charge in [-0.05, 0) is 31.7 Å². The molecule has 1 atom stereocenters. The molecule has 0 bridgehead atoms. The van der Waals surface area contributed by atoms with Crippen molar-refractivity contribution in [2.45, 2.75) is 39.8 Å². The van der Waals surface area contributed by atoms with Crippen LogP contribution in [-0.4, -0.2) is 10.2 Å². The van der Waals surface area contributed by atoms with Gasteiger partial charge in [0, 0.05) is 28.7 Å². The average molecular weight is 249 g/mol. The highest BCUT2D eigenvalue weighted by atomic mass is 32.1. The summed E-state index contributed by atoms with van der Waals surface area (Å²) in [5, 5.41) is 13.0. The molecule has 0 amide bonds. The summed E-state index contributed by atoms with van der Waals surface area (Å²) in [4.78, 5) is 1.41. The van der Waals surface area contributed by atoms with E-state index in [0.29, 0.717) is 6.04 Å². The molecule has 0 fully saturated rings. The summed E-state index contributed by atoms with van der Waals surface area (Å²) < 4.78 is 0. The summed E-state index contributed by atoms with van der Waals surface area (Å²) in [5.74, 6) is 0. The Bertz CT molecular complexity index is 439. The molecule has 2 heterocycles. The minimum Gasteiger partial charge on any atom is -0.305 e. The van der Waals surface area contributed by atoms with Crippen LogP contribution < -0.4 is 5.32 Å². The van der Waals surface area contributed by atoms with Crippen LogP contribution in [0.5, 0.6) is 0 Å². The molecule has 0 saturated carbocycles. The first-order valence-electron chi connectivity index (χ1n) is 5.99. The van der Waals surface area contributed by atoms with Crippen LogP contribution in [0.25, 0.3) is 0 Å². The van der Waals surface area contributed by atoms with Crippen LogP contribution in [0.1, 0.15) is 41.2 Å². The monoisotopic (exact) mass is 249 g/mol. The Kier molecular flexibility index (Phi) is 3.97. The molecule has 92 valence electrons. The van der Waals surface area contributed by atoms with Crippen LogP contribution in [0.15, 0.2) is 17.5 Å². The summed E-state index contributed by atoms with van der Waals surface area (Å²) >= 11 is 1.82. The second kappa shape index (κ2) is 5.47. The van der Waals surface area contributed by atoms with Crippen LogP contribution in [0.4, 0.5) is 0 Å². The van der Waals surface area contributed by atoms with Crippen molar-refractivity contribution in [2.24, 2.45) is 0 Å². The van der Waals surface area contributed by atoms with Crippen molar-refractivity contribution in [3.8, 4) is 0 Å². The van der Waals surface area contributed by atoms with Gasteiger partial charge in [-0.3, -0.25) is 5.10 Å². The lowest BCUT2D eigenvalue weighted by molar-refractivity contribution is 0.525. The zero-order valence-electron chi connectivity index (χ0n) is 10.6. The first kappa shape index (κ1) is 12.3. The van der Waals surface area contributed by atoms with Gasteiger partial charge in [0.2, 0.25) is 0 Å². The molecule has 3 nitrogen and oxygen atoms in total. The van der Waals surface area contributed by atoms with E-state index < -0.39 is 0 Å². The number of aromatic amines is 1. The van der Waals surface area contributed by atoms with Crippen molar-refractivity contribution in [2.75, 3.05) is 0 Å². The second-order valence-electron chi connectivity index (χ2n) is 4.27. The van der Waals surface area contributed by atoms with Gasteiger partial charge in [-0.25, -0.2) is 0 Å². The van der Waals surface area contributed by atoms with E-state index in [9.17, 15) is 0 Å². The smallest absolute Gasteiger partial charge is 0.0638 e. The van der Waals surface area contributed by atoms with E-state index in [1.165, 1.54) is 10.4 Å². The van der Waals surface area contributed by atoms with Crippen molar-refractivity contribution in [3.63, 3.8) is 0 Å². The molecule has 2 aromatic heterocycles. The number of nitrogens with one attached hydrogen (secondary N) is 2. The fourth-order valence-electron chi connectivity index (χ4n) is 2.00. The number of rotatable bonds is 5. The van der Waals surface area contributed by atoms with Crippen molar-refractivity contribution < 1.29 is 0 Å². The molecule has 0 aromatic carbocycles. The van der Waals surface area contributed by atoms with Crippen molar-refractivity contribution >= 4 is 11.3 Å². The number of hydrogen-bond donors (Lipinski definition) is 2. The average Bonchev–Trinajstić information content (AvgIpc) is 2.94. The maximum absolute atomic E-state index is 4.22. The van der Waals surface area contributed by atoms with Crippen LogP contribution in [0.2, 0.25) is 0 Å². The highest BCUT2D eigenvalue weighted by molar-refractivity contribution is 7.10. The number of H-pyrrole nitrogens is 1. The fourth-order valence-corrected chi connectivity index (χ4v) is 2.88. The molecule has 0 radical (unpaired) electrons. The molecule has 0 aliphatic rings. The van der Waals surface area contributed by atoms with Crippen LogP contribution in [0.3, 0.4) is 0 Å². The Morgan fingerprint density at radius 2 is 2.29 bits per heavy atom. The van der Waals surface area contributed by atoms with Gasteiger partial charge in [-0.15, -0.1) is 11.3 Å². The van der Waals surface area contributed by atoms with Crippen molar-refractivity contribution in [1.82, 2.24) is 15.5 Å². The predicted molar refractivity (Wildman–Crippen MR) is 72.3 cm³/mol. The summed E-state index contributed by atoms with van der Waals surface area (Å²) in [6.07, 6.45) is 1.11. The molecule has 4 heteroatoms. The molecular formula is C13H19N3S. The van der Waals surface area contributed by atoms with Gasteiger partial charge < -0.3 is 5.32 Å². The SMILES string of the molecule is CCC(NCc1c(C)n[nH]c1C)c1cccs1. The zero-order valence-corrected chi connectivity index (χ0v) is 11.4. The molecule has 0 aliphatic carbocycles. The topological polar surface area (TPSA) is 40.7 Å². The second-order valence-corrected chi connectivity index (χ2v) is 5.25. The Balaban J connectivity index is 2.02. The highest BCUT2D eigenvalue weighted by Gasteiger charge is 2.12. The molecule has 2 aromatic rings. The van der Waals surface area contributed by atoms with E-state index >= 15 is 0 Å². The summed E-state index contributed by atoms with van der Waals surface area (Å²) in [5.41, 5.74) is 3.55. The number of thiophene rings is 1. The predicted octanol–water partition coefficient (Wildman–Crippen LogP) is 3.33. The lowest BCUT2D eigenvalue weighted by Gasteiger charge is -2.15. The number of aryl methyl sites for hydroxylation is 2. The number of hydrogen-bond acceptors (Lipinski definition) is 3. The molecular weight excluding hydrogens is 230 g/mol. The van der Waals surface area contributed by atoms with E-state index in [-0.39, 0.29) is 0 Å². The van der Waals surface area contributed by atoms with E-state index in [2.05, 4.69) is 46.9 Å². The summed E-state index contributed by atoms with van der Waals surface area (Å²) in [7, 11) is 0. The lowest BCUT2D eigenvalue weighted by atomic mass is 10.1. The van der Waals surface area contributed by atoms with E-state index in [1.807, 2.05) is 18.3 Å².